The third-order valence-electron chi connectivity index (χ3n) is 1.94. The first-order valence-electron chi connectivity index (χ1n) is 3.82. The molecule has 6 heteroatoms. The molecule has 72 valence electrons. The molecule has 2 aromatic rings. The Labute approximate surface area is 92.3 Å². The SMILES string of the molecule is OB(O)c1c(F)cc(Br)c2ccsc12. The van der Waals surface area contributed by atoms with Gasteiger partial charge in [0.25, 0.3) is 0 Å². The Bertz CT molecular complexity index is 485. The van der Waals surface area contributed by atoms with Gasteiger partial charge in [-0.3, -0.25) is 0 Å². The lowest BCUT2D eigenvalue weighted by Gasteiger charge is -2.04. The van der Waals surface area contributed by atoms with E-state index in [2.05, 4.69) is 15.9 Å². The molecule has 2 rings (SSSR count). The van der Waals surface area contributed by atoms with E-state index in [-0.39, 0.29) is 5.46 Å². The van der Waals surface area contributed by atoms with Crippen LogP contribution in [0.2, 0.25) is 0 Å². The van der Waals surface area contributed by atoms with Crippen molar-refractivity contribution in [3.63, 3.8) is 0 Å². The molecular formula is C8H5BBrFO2S. The lowest BCUT2D eigenvalue weighted by atomic mass is 9.79. The molecule has 0 aliphatic heterocycles. The van der Waals surface area contributed by atoms with Gasteiger partial charge in [0, 0.05) is 20.0 Å². The molecule has 0 fully saturated rings. The van der Waals surface area contributed by atoms with E-state index in [9.17, 15) is 4.39 Å². The Morgan fingerprint density at radius 3 is 2.79 bits per heavy atom. The standard InChI is InChI=1S/C8H5BBrFO2S/c10-5-3-6(11)7(9(12)13)8-4(5)1-2-14-8/h1-3,12-13H. The molecule has 1 heterocycles. The van der Waals surface area contributed by atoms with Crippen LogP contribution in [0.3, 0.4) is 0 Å². The number of thiophene rings is 1. The van der Waals surface area contributed by atoms with E-state index in [1.54, 1.807) is 11.4 Å². The summed E-state index contributed by atoms with van der Waals surface area (Å²) < 4.78 is 14.5. The average molecular weight is 275 g/mol. The van der Waals surface area contributed by atoms with Crippen molar-refractivity contribution in [3.8, 4) is 0 Å². The molecule has 0 bridgehead atoms. The Hall–Kier alpha value is -0.425. The van der Waals surface area contributed by atoms with E-state index in [4.69, 9.17) is 10.0 Å². The molecule has 2 N–H and O–H groups in total. The van der Waals surface area contributed by atoms with Crippen LogP contribution in [-0.4, -0.2) is 17.2 Å². The maximum absolute atomic E-state index is 13.4. The maximum Gasteiger partial charge on any atom is 0.492 e. The van der Waals surface area contributed by atoms with E-state index in [1.165, 1.54) is 17.4 Å². The summed E-state index contributed by atoms with van der Waals surface area (Å²) in [6, 6.07) is 3.04. The predicted octanol–water partition coefficient (Wildman–Crippen LogP) is 1.48. The largest absolute Gasteiger partial charge is 0.492 e. The van der Waals surface area contributed by atoms with Gasteiger partial charge in [0.1, 0.15) is 5.82 Å². The van der Waals surface area contributed by atoms with Crippen LogP contribution in [0.1, 0.15) is 0 Å². The highest BCUT2D eigenvalue weighted by Gasteiger charge is 2.22. The van der Waals surface area contributed by atoms with Gasteiger partial charge in [-0.15, -0.1) is 11.3 Å². The fourth-order valence-electron chi connectivity index (χ4n) is 1.32. The van der Waals surface area contributed by atoms with Crippen molar-refractivity contribution >= 4 is 49.9 Å². The summed E-state index contributed by atoms with van der Waals surface area (Å²) in [5.74, 6) is -0.609. The van der Waals surface area contributed by atoms with Crippen LogP contribution in [0.15, 0.2) is 22.0 Å². The van der Waals surface area contributed by atoms with Crippen molar-refractivity contribution in [2.24, 2.45) is 0 Å². The number of hydrogen-bond acceptors (Lipinski definition) is 3. The highest BCUT2D eigenvalue weighted by Crippen LogP contribution is 2.28. The molecule has 0 aliphatic rings. The summed E-state index contributed by atoms with van der Waals surface area (Å²) in [7, 11) is -1.77. The van der Waals surface area contributed by atoms with Crippen LogP contribution in [0.5, 0.6) is 0 Å². The van der Waals surface area contributed by atoms with Crippen molar-refractivity contribution in [1.29, 1.82) is 0 Å². The fourth-order valence-corrected chi connectivity index (χ4v) is 2.96. The number of halogens is 2. The molecule has 0 saturated carbocycles. The topological polar surface area (TPSA) is 40.5 Å². The predicted molar refractivity (Wildman–Crippen MR) is 59.3 cm³/mol. The third kappa shape index (κ3) is 1.48. The van der Waals surface area contributed by atoms with Gasteiger partial charge in [-0.1, -0.05) is 15.9 Å². The Kier molecular flexibility index (Phi) is 2.61. The number of hydrogen-bond donors (Lipinski definition) is 2. The zero-order valence-corrected chi connectivity index (χ0v) is 9.27. The molecular weight excluding hydrogens is 270 g/mol. The first kappa shape index (κ1) is 10.1. The van der Waals surface area contributed by atoms with Crippen LogP contribution in [0.25, 0.3) is 10.1 Å². The molecule has 0 unspecified atom stereocenters. The third-order valence-corrected chi connectivity index (χ3v) is 3.54. The quantitative estimate of drug-likeness (QED) is 0.774. The van der Waals surface area contributed by atoms with Gasteiger partial charge in [-0.2, -0.15) is 0 Å². The maximum atomic E-state index is 13.4. The Balaban J connectivity index is 2.86. The summed E-state index contributed by atoms with van der Waals surface area (Å²) in [5, 5.41) is 20.6. The van der Waals surface area contributed by atoms with E-state index >= 15 is 0 Å². The molecule has 1 aromatic heterocycles. The van der Waals surface area contributed by atoms with Crippen molar-refractivity contribution in [2.75, 3.05) is 0 Å². The second kappa shape index (κ2) is 3.62. The minimum Gasteiger partial charge on any atom is -0.423 e. The second-order valence-electron chi connectivity index (χ2n) is 2.79. The molecule has 0 atom stereocenters. The molecule has 2 nitrogen and oxygen atoms in total. The van der Waals surface area contributed by atoms with Gasteiger partial charge in [-0.25, -0.2) is 4.39 Å². The minimum atomic E-state index is -1.77. The monoisotopic (exact) mass is 274 g/mol. The summed E-state index contributed by atoms with van der Waals surface area (Å²) in [6.07, 6.45) is 0. The zero-order valence-electron chi connectivity index (χ0n) is 6.87. The number of benzene rings is 1. The van der Waals surface area contributed by atoms with E-state index in [0.717, 1.165) is 5.39 Å². The molecule has 1 aromatic carbocycles. The summed E-state index contributed by atoms with van der Waals surface area (Å²) in [5.41, 5.74) is -0.0572. The Morgan fingerprint density at radius 2 is 2.14 bits per heavy atom. The van der Waals surface area contributed by atoms with Crippen molar-refractivity contribution in [3.05, 3.63) is 27.8 Å². The molecule has 0 amide bonds. The van der Waals surface area contributed by atoms with Crippen LogP contribution in [-0.2, 0) is 0 Å². The van der Waals surface area contributed by atoms with Gasteiger partial charge in [0.15, 0.2) is 0 Å². The first-order valence-corrected chi connectivity index (χ1v) is 5.49. The summed E-state index contributed by atoms with van der Waals surface area (Å²) in [6.45, 7) is 0. The zero-order chi connectivity index (χ0) is 10.3. The number of fused-ring (bicyclic) bond motifs is 1. The van der Waals surface area contributed by atoms with Crippen molar-refractivity contribution in [1.82, 2.24) is 0 Å². The number of rotatable bonds is 1. The van der Waals surface area contributed by atoms with Gasteiger partial charge < -0.3 is 10.0 Å². The summed E-state index contributed by atoms with van der Waals surface area (Å²) in [4.78, 5) is 0. The normalized spacial score (nSPS) is 10.9. The van der Waals surface area contributed by atoms with Crippen LogP contribution >= 0.6 is 27.3 Å². The van der Waals surface area contributed by atoms with Crippen molar-refractivity contribution in [2.45, 2.75) is 0 Å². The second-order valence-corrected chi connectivity index (χ2v) is 4.56. The molecule has 0 radical (unpaired) electrons. The fraction of sp³-hybridized carbons (Fsp3) is 0. The summed E-state index contributed by atoms with van der Waals surface area (Å²) >= 11 is 4.49. The Morgan fingerprint density at radius 1 is 1.43 bits per heavy atom. The molecule has 0 spiro atoms. The molecule has 0 aliphatic carbocycles. The minimum absolute atomic E-state index is 0.0572. The van der Waals surface area contributed by atoms with Gasteiger partial charge in [0.05, 0.1) is 0 Å². The van der Waals surface area contributed by atoms with E-state index in [0.29, 0.717) is 9.17 Å². The first-order chi connectivity index (χ1) is 6.61. The van der Waals surface area contributed by atoms with E-state index in [1.807, 2.05) is 0 Å². The van der Waals surface area contributed by atoms with Gasteiger partial charge in [0.2, 0.25) is 0 Å². The lowest BCUT2D eigenvalue weighted by molar-refractivity contribution is 0.423. The highest BCUT2D eigenvalue weighted by atomic mass is 79.9. The smallest absolute Gasteiger partial charge is 0.423 e. The lowest BCUT2D eigenvalue weighted by Crippen LogP contribution is -2.33. The van der Waals surface area contributed by atoms with Gasteiger partial charge >= 0.3 is 7.12 Å². The van der Waals surface area contributed by atoms with Crippen molar-refractivity contribution < 1.29 is 14.4 Å². The molecule has 0 saturated heterocycles. The van der Waals surface area contributed by atoms with Crippen LogP contribution in [0.4, 0.5) is 4.39 Å². The van der Waals surface area contributed by atoms with Crippen LogP contribution in [0, 0.1) is 5.82 Å². The average Bonchev–Trinajstić information content (AvgIpc) is 2.51. The highest BCUT2D eigenvalue weighted by molar-refractivity contribution is 9.10. The van der Waals surface area contributed by atoms with Gasteiger partial charge in [-0.05, 0) is 17.5 Å². The molecule has 14 heavy (non-hydrogen) atoms. The van der Waals surface area contributed by atoms with E-state index < -0.39 is 12.9 Å². The van der Waals surface area contributed by atoms with Crippen LogP contribution < -0.4 is 5.46 Å².